The van der Waals surface area contributed by atoms with Gasteiger partial charge < -0.3 is 15.4 Å². The van der Waals surface area contributed by atoms with Crippen molar-refractivity contribution in [2.24, 2.45) is 0 Å². The second-order valence-electron chi connectivity index (χ2n) is 7.41. The maximum atomic E-state index is 13.4. The minimum Gasteiger partial charge on any atom is -0.497 e. The van der Waals surface area contributed by atoms with E-state index in [9.17, 15) is 13.6 Å². The first-order chi connectivity index (χ1) is 17.3. The molecule has 2 amide bonds. The van der Waals surface area contributed by atoms with E-state index in [0.717, 1.165) is 23.4 Å². The van der Waals surface area contributed by atoms with Crippen molar-refractivity contribution in [2.75, 3.05) is 12.4 Å². The third-order valence-corrected chi connectivity index (χ3v) is 6.49. The molecule has 0 fully saturated rings. The van der Waals surface area contributed by atoms with Crippen molar-refractivity contribution in [2.45, 2.75) is 17.5 Å². The van der Waals surface area contributed by atoms with Crippen LogP contribution < -0.4 is 15.4 Å². The Morgan fingerprint density at radius 1 is 1.06 bits per heavy atom. The average Bonchev–Trinajstić information content (AvgIpc) is 3.28. The van der Waals surface area contributed by atoms with Gasteiger partial charge in [0.15, 0.2) is 22.6 Å². The van der Waals surface area contributed by atoms with Gasteiger partial charge in [-0.15, -0.1) is 10.2 Å². The molecule has 0 radical (unpaired) electrons. The monoisotopic (exact) mass is 549 g/mol. The summed E-state index contributed by atoms with van der Waals surface area (Å²) >= 11 is 14.1. The number of rotatable bonds is 8. The zero-order chi connectivity index (χ0) is 25.7. The molecule has 0 bridgehead atoms. The van der Waals surface area contributed by atoms with E-state index in [2.05, 4.69) is 20.8 Å². The van der Waals surface area contributed by atoms with Gasteiger partial charge in [0.05, 0.1) is 24.4 Å². The van der Waals surface area contributed by atoms with Crippen molar-refractivity contribution in [1.82, 2.24) is 20.1 Å². The minimum absolute atomic E-state index is 0.0366. The molecule has 4 aromatic rings. The smallest absolute Gasteiger partial charge is 0.319 e. The molecule has 0 saturated heterocycles. The number of ether oxygens (including phenoxy) is 1. The van der Waals surface area contributed by atoms with Crippen molar-refractivity contribution in [1.29, 1.82) is 0 Å². The predicted octanol–water partition coefficient (Wildman–Crippen LogP) is 6.47. The van der Waals surface area contributed by atoms with Crippen LogP contribution in [0, 0.1) is 11.6 Å². The molecule has 0 spiro atoms. The molecule has 1 aromatic heterocycles. The molecule has 0 aliphatic rings. The van der Waals surface area contributed by atoms with E-state index in [1.807, 2.05) is 24.3 Å². The van der Waals surface area contributed by atoms with Crippen molar-refractivity contribution < 1.29 is 18.3 Å². The lowest BCUT2D eigenvalue weighted by Crippen LogP contribution is -2.29. The number of nitrogens with one attached hydrogen (secondary N) is 2. The molecule has 1 heterocycles. The summed E-state index contributed by atoms with van der Waals surface area (Å²) in [6.07, 6.45) is 0. The van der Waals surface area contributed by atoms with Crippen LogP contribution >= 0.6 is 35.0 Å². The predicted molar refractivity (Wildman–Crippen MR) is 136 cm³/mol. The molecule has 186 valence electrons. The number of methoxy groups -OCH3 is 1. The van der Waals surface area contributed by atoms with Gasteiger partial charge >= 0.3 is 6.03 Å². The number of halogens is 4. The highest BCUT2D eigenvalue weighted by molar-refractivity contribution is 7.98. The van der Waals surface area contributed by atoms with E-state index in [1.165, 1.54) is 17.8 Å². The Morgan fingerprint density at radius 2 is 1.89 bits per heavy atom. The summed E-state index contributed by atoms with van der Waals surface area (Å²) in [5.74, 6) is -0.387. The van der Waals surface area contributed by atoms with Crippen LogP contribution in [0.3, 0.4) is 0 Å². The second kappa shape index (κ2) is 11.6. The molecule has 0 aliphatic heterocycles. The van der Waals surface area contributed by atoms with Crippen molar-refractivity contribution in [3.8, 4) is 11.4 Å². The van der Waals surface area contributed by atoms with Gasteiger partial charge in [0.2, 0.25) is 0 Å². The van der Waals surface area contributed by atoms with Crippen LogP contribution in [0.5, 0.6) is 5.75 Å². The fraction of sp³-hybridized carbons (Fsp3) is 0.125. The lowest BCUT2D eigenvalue weighted by atomic mass is 10.2. The summed E-state index contributed by atoms with van der Waals surface area (Å²) in [5, 5.41) is 15.0. The van der Waals surface area contributed by atoms with E-state index in [1.54, 1.807) is 29.9 Å². The number of thioether (sulfide) groups is 1. The number of hydrogen-bond donors (Lipinski definition) is 2. The first-order valence-electron chi connectivity index (χ1n) is 10.5. The Bertz CT molecular complexity index is 1400. The van der Waals surface area contributed by atoms with Gasteiger partial charge in [-0.1, -0.05) is 47.1 Å². The fourth-order valence-electron chi connectivity index (χ4n) is 3.23. The summed E-state index contributed by atoms with van der Waals surface area (Å²) in [6.45, 7) is -0.0366. The summed E-state index contributed by atoms with van der Waals surface area (Å²) in [5.41, 5.74) is 1.65. The SMILES string of the molecule is COc1cccc(CSc2nnc(CNC(=O)Nc3ccc(F)c(F)c3)n2-c2cc(Cl)ccc2Cl)c1. The molecule has 0 aliphatic carbocycles. The molecule has 7 nitrogen and oxygen atoms in total. The lowest BCUT2D eigenvalue weighted by molar-refractivity contribution is 0.251. The van der Waals surface area contributed by atoms with Crippen LogP contribution in [0.25, 0.3) is 5.69 Å². The Balaban J connectivity index is 1.55. The van der Waals surface area contributed by atoms with Crippen LogP contribution in [0.1, 0.15) is 11.4 Å². The summed E-state index contributed by atoms with van der Waals surface area (Å²) in [4.78, 5) is 12.4. The standard InChI is InChI=1S/C24H19Cl2F2N5O2S/c1-35-17-4-2-3-14(9-17)13-36-24-32-31-22(33(24)21-10-15(25)5-7-18(21)26)12-29-23(34)30-16-6-8-19(27)20(28)11-16/h2-11H,12-13H2,1H3,(H2,29,30,34). The van der Waals surface area contributed by atoms with Crippen LogP contribution in [-0.2, 0) is 12.3 Å². The van der Waals surface area contributed by atoms with Crippen molar-refractivity contribution in [3.63, 3.8) is 0 Å². The molecule has 3 aromatic carbocycles. The van der Waals surface area contributed by atoms with Gasteiger partial charge in [0.1, 0.15) is 5.75 Å². The van der Waals surface area contributed by atoms with Crippen molar-refractivity contribution in [3.05, 3.63) is 93.7 Å². The van der Waals surface area contributed by atoms with Crippen LogP contribution in [0.15, 0.2) is 65.8 Å². The first-order valence-corrected chi connectivity index (χ1v) is 12.2. The third kappa shape index (κ3) is 6.26. The average molecular weight is 550 g/mol. The molecule has 0 unspecified atom stereocenters. The van der Waals surface area contributed by atoms with Gasteiger partial charge in [0.25, 0.3) is 0 Å². The fourth-order valence-corrected chi connectivity index (χ4v) is 4.50. The van der Waals surface area contributed by atoms with Gasteiger partial charge in [0, 0.05) is 22.5 Å². The number of nitrogens with zero attached hydrogens (tertiary/aromatic N) is 3. The number of carbonyl (C=O) groups excluding carboxylic acids is 1. The Labute approximate surface area is 219 Å². The number of anilines is 1. The third-order valence-electron chi connectivity index (χ3n) is 4.94. The maximum absolute atomic E-state index is 13.4. The minimum atomic E-state index is -1.07. The van der Waals surface area contributed by atoms with E-state index < -0.39 is 17.7 Å². The first kappa shape index (κ1) is 25.7. The highest BCUT2D eigenvalue weighted by atomic mass is 35.5. The molecule has 36 heavy (non-hydrogen) atoms. The van der Waals surface area contributed by atoms with Gasteiger partial charge in [-0.25, -0.2) is 13.6 Å². The number of carbonyl (C=O) groups is 1. The lowest BCUT2D eigenvalue weighted by Gasteiger charge is -2.13. The number of amides is 2. The molecule has 4 rings (SSSR count). The summed E-state index contributed by atoms with van der Waals surface area (Å²) in [7, 11) is 1.60. The van der Waals surface area contributed by atoms with E-state index in [4.69, 9.17) is 27.9 Å². The van der Waals surface area contributed by atoms with Gasteiger partial charge in [-0.2, -0.15) is 0 Å². The Kier molecular flexibility index (Phi) is 8.29. The molecular formula is C24H19Cl2F2N5O2S. The van der Waals surface area contributed by atoms with E-state index in [0.29, 0.717) is 32.5 Å². The van der Waals surface area contributed by atoms with E-state index in [-0.39, 0.29) is 12.2 Å². The highest BCUT2D eigenvalue weighted by Gasteiger charge is 2.18. The Morgan fingerprint density at radius 3 is 2.67 bits per heavy atom. The van der Waals surface area contributed by atoms with Crippen molar-refractivity contribution >= 4 is 46.7 Å². The molecule has 2 N–H and O–H groups in total. The van der Waals surface area contributed by atoms with Crippen LogP contribution in [0.2, 0.25) is 10.0 Å². The second-order valence-corrected chi connectivity index (χ2v) is 9.19. The number of aromatic nitrogens is 3. The van der Waals surface area contributed by atoms with Gasteiger partial charge in [-0.05, 0) is 48.0 Å². The number of benzene rings is 3. The largest absolute Gasteiger partial charge is 0.497 e. The van der Waals surface area contributed by atoms with Crippen LogP contribution in [0.4, 0.5) is 19.3 Å². The zero-order valence-corrected chi connectivity index (χ0v) is 21.1. The van der Waals surface area contributed by atoms with Crippen LogP contribution in [-0.4, -0.2) is 27.9 Å². The number of hydrogen-bond acceptors (Lipinski definition) is 5. The zero-order valence-electron chi connectivity index (χ0n) is 18.8. The maximum Gasteiger partial charge on any atom is 0.319 e. The Hall–Kier alpha value is -3.34. The molecule has 12 heteroatoms. The van der Waals surface area contributed by atoms with Gasteiger partial charge in [-0.3, -0.25) is 4.57 Å². The molecule has 0 saturated carbocycles. The number of urea groups is 1. The summed E-state index contributed by atoms with van der Waals surface area (Å²) < 4.78 is 33.6. The summed E-state index contributed by atoms with van der Waals surface area (Å²) in [6, 6.07) is 15.1. The normalized spacial score (nSPS) is 10.8. The quantitative estimate of drug-likeness (QED) is 0.246. The topological polar surface area (TPSA) is 81.1 Å². The van der Waals surface area contributed by atoms with E-state index >= 15 is 0 Å². The molecular weight excluding hydrogens is 531 g/mol. The highest BCUT2D eigenvalue weighted by Crippen LogP contribution is 2.31. The molecule has 0 atom stereocenters.